The fourth-order valence-electron chi connectivity index (χ4n) is 2.49. The lowest BCUT2D eigenvalue weighted by atomic mass is 10.00. The number of nitrogens with one attached hydrogen (secondary N) is 1. The van der Waals surface area contributed by atoms with Gasteiger partial charge in [-0.05, 0) is 29.3 Å². The van der Waals surface area contributed by atoms with Crippen LogP contribution in [0, 0.1) is 5.92 Å². The monoisotopic (exact) mass is 407 g/mol. The Labute approximate surface area is 163 Å². The van der Waals surface area contributed by atoms with Gasteiger partial charge in [0.15, 0.2) is 23.2 Å². The first-order valence-electron chi connectivity index (χ1n) is 8.23. The van der Waals surface area contributed by atoms with Crippen LogP contribution in [-0.2, 0) is 27.3 Å². The predicted molar refractivity (Wildman–Crippen MR) is 97.0 cm³/mol. The smallest absolute Gasteiger partial charge is 0.327 e. The highest BCUT2D eigenvalue weighted by Gasteiger charge is 2.23. The van der Waals surface area contributed by atoms with E-state index in [1.807, 2.05) is 6.07 Å². The van der Waals surface area contributed by atoms with Crippen LogP contribution in [0.4, 0.5) is 5.95 Å². The van der Waals surface area contributed by atoms with Crippen LogP contribution in [0.3, 0.4) is 0 Å². The summed E-state index contributed by atoms with van der Waals surface area (Å²) in [6.07, 6.45) is 0.353. The van der Waals surface area contributed by atoms with Gasteiger partial charge in [-0.1, -0.05) is 22.9 Å². The molecule has 1 aliphatic rings. The number of nitrogens with zero attached hydrogens (tertiary/aromatic N) is 4. The highest BCUT2D eigenvalue weighted by atomic mass is 32.2. The van der Waals surface area contributed by atoms with E-state index in [0.29, 0.717) is 17.9 Å². The van der Waals surface area contributed by atoms with E-state index in [9.17, 15) is 14.4 Å². The van der Waals surface area contributed by atoms with Gasteiger partial charge < -0.3 is 14.6 Å². The Kier molecular flexibility index (Phi) is 6.09. The molecule has 0 saturated carbocycles. The third-order valence-electron chi connectivity index (χ3n) is 3.74. The number of carbonyl (C=O) groups is 3. The Bertz CT molecular complexity index is 901. The molecule has 1 aromatic heterocycles. The standard InChI is InChI=1S/C16H17N5O6S/c1-9(22)28-7-11(4-10-2-3-12-13(5-10)27-8-26-12)15(25)17-16-18-20-21(19-16)6-14(23)24/h2-3,5,11H,4,6-8H2,1H3,(H,23,24)(H,17,19,25). The van der Waals surface area contributed by atoms with Gasteiger partial charge in [-0.3, -0.25) is 19.7 Å². The average Bonchev–Trinajstić information content (AvgIpc) is 3.26. The molecule has 0 radical (unpaired) electrons. The van der Waals surface area contributed by atoms with E-state index in [4.69, 9.17) is 14.6 Å². The second-order valence-corrected chi connectivity index (χ2v) is 7.11. The SMILES string of the molecule is CC(=O)SCC(Cc1ccc2c(c1)OCO2)C(=O)Nc1nnn(CC(=O)O)n1. The lowest BCUT2D eigenvalue weighted by Gasteiger charge is -2.15. The normalized spacial score (nSPS) is 13.2. The van der Waals surface area contributed by atoms with Crippen LogP contribution in [0.5, 0.6) is 11.5 Å². The third-order valence-corrected chi connectivity index (χ3v) is 4.72. The molecule has 1 atom stereocenters. The molecule has 0 spiro atoms. The molecule has 0 aliphatic carbocycles. The minimum absolute atomic E-state index is 0.102. The van der Waals surface area contributed by atoms with E-state index in [-0.39, 0.29) is 23.6 Å². The number of hydrogen-bond acceptors (Lipinski definition) is 9. The molecule has 1 aromatic carbocycles. The number of rotatable bonds is 8. The summed E-state index contributed by atoms with van der Waals surface area (Å²) in [5.74, 6) is -0.680. The van der Waals surface area contributed by atoms with Crippen LogP contribution < -0.4 is 14.8 Å². The Morgan fingerprint density at radius 1 is 1.32 bits per heavy atom. The van der Waals surface area contributed by atoms with Gasteiger partial charge >= 0.3 is 5.97 Å². The number of fused-ring (bicyclic) bond motifs is 1. The molecule has 1 amide bonds. The van der Waals surface area contributed by atoms with Crippen molar-refractivity contribution in [1.29, 1.82) is 0 Å². The number of aromatic nitrogens is 4. The third kappa shape index (κ3) is 5.19. The molecule has 148 valence electrons. The predicted octanol–water partition coefficient (Wildman–Crippen LogP) is 0.563. The molecule has 1 aliphatic heterocycles. The molecule has 2 heterocycles. The maximum atomic E-state index is 12.7. The number of carboxylic acids is 1. The molecule has 3 rings (SSSR count). The van der Waals surface area contributed by atoms with Gasteiger partial charge in [0.05, 0.1) is 5.92 Å². The molecular formula is C16H17N5O6S. The lowest BCUT2D eigenvalue weighted by Crippen LogP contribution is -2.27. The zero-order valence-electron chi connectivity index (χ0n) is 14.8. The van der Waals surface area contributed by atoms with Crippen molar-refractivity contribution in [3.8, 4) is 11.5 Å². The summed E-state index contributed by atoms with van der Waals surface area (Å²) in [5, 5.41) is 22.1. The zero-order chi connectivity index (χ0) is 20.1. The van der Waals surface area contributed by atoms with Gasteiger partial charge in [0, 0.05) is 12.7 Å². The van der Waals surface area contributed by atoms with Crippen LogP contribution >= 0.6 is 11.8 Å². The number of ether oxygens (including phenoxy) is 2. The van der Waals surface area contributed by atoms with Gasteiger partial charge in [0.25, 0.3) is 5.95 Å². The summed E-state index contributed by atoms with van der Waals surface area (Å²) in [5.41, 5.74) is 0.844. The Morgan fingerprint density at radius 3 is 2.86 bits per heavy atom. The topological polar surface area (TPSA) is 146 Å². The van der Waals surface area contributed by atoms with Crippen molar-refractivity contribution in [2.45, 2.75) is 19.9 Å². The molecule has 12 heteroatoms. The van der Waals surface area contributed by atoms with Crippen molar-refractivity contribution in [2.24, 2.45) is 5.92 Å². The maximum Gasteiger partial charge on any atom is 0.327 e. The van der Waals surface area contributed by atoms with Gasteiger partial charge in [0.1, 0.15) is 0 Å². The summed E-state index contributed by atoms with van der Waals surface area (Å²) in [7, 11) is 0. The van der Waals surface area contributed by atoms with E-state index in [1.165, 1.54) is 6.92 Å². The Balaban J connectivity index is 1.69. The molecule has 0 fully saturated rings. The van der Waals surface area contributed by atoms with E-state index >= 15 is 0 Å². The average molecular weight is 407 g/mol. The number of tetrazole rings is 1. The second kappa shape index (κ2) is 8.69. The summed E-state index contributed by atoms with van der Waals surface area (Å²) >= 11 is 1.04. The van der Waals surface area contributed by atoms with Crippen LogP contribution in [0.2, 0.25) is 0 Å². The zero-order valence-corrected chi connectivity index (χ0v) is 15.6. The first kappa shape index (κ1) is 19.6. The number of aliphatic carboxylic acids is 1. The number of amides is 1. The van der Waals surface area contributed by atoms with Crippen molar-refractivity contribution in [3.05, 3.63) is 23.8 Å². The van der Waals surface area contributed by atoms with E-state index in [0.717, 1.165) is 22.1 Å². The number of thioether (sulfide) groups is 1. The Morgan fingerprint density at radius 2 is 2.11 bits per heavy atom. The van der Waals surface area contributed by atoms with Crippen LogP contribution in [0.25, 0.3) is 0 Å². The first-order chi connectivity index (χ1) is 13.4. The number of carboxylic acid groups (broad SMARTS) is 1. The van der Waals surface area contributed by atoms with Gasteiger partial charge in [0.2, 0.25) is 12.7 Å². The minimum Gasteiger partial charge on any atom is -0.480 e. The van der Waals surface area contributed by atoms with Crippen molar-refractivity contribution in [2.75, 3.05) is 17.9 Å². The minimum atomic E-state index is -1.13. The molecule has 1 unspecified atom stereocenters. The Hall–Kier alpha value is -3.15. The van der Waals surface area contributed by atoms with Gasteiger partial charge in [-0.25, -0.2) is 0 Å². The molecule has 11 nitrogen and oxygen atoms in total. The summed E-state index contributed by atoms with van der Waals surface area (Å²) < 4.78 is 10.6. The molecule has 28 heavy (non-hydrogen) atoms. The quantitative estimate of drug-likeness (QED) is 0.636. The van der Waals surface area contributed by atoms with Gasteiger partial charge in [-0.2, -0.15) is 4.80 Å². The molecular weight excluding hydrogens is 390 g/mol. The van der Waals surface area contributed by atoms with Crippen molar-refractivity contribution >= 4 is 34.7 Å². The fraction of sp³-hybridized carbons (Fsp3) is 0.375. The van der Waals surface area contributed by atoms with Gasteiger partial charge in [-0.15, -0.1) is 5.10 Å². The van der Waals surface area contributed by atoms with Crippen molar-refractivity contribution in [1.82, 2.24) is 20.2 Å². The summed E-state index contributed by atoms with van der Waals surface area (Å²) in [6, 6.07) is 5.39. The fourth-order valence-corrected chi connectivity index (χ4v) is 3.20. The van der Waals surface area contributed by atoms with Crippen molar-refractivity contribution in [3.63, 3.8) is 0 Å². The number of benzene rings is 1. The largest absolute Gasteiger partial charge is 0.480 e. The summed E-state index contributed by atoms with van der Waals surface area (Å²) in [6.45, 7) is 1.11. The number of carbonyl (C=O) groups excluding carboxylic acids is 2. The molecule has 2 aromatic rings. The van der Waals surface area contributed by atoms with Crippen LogP contribution in [0.1, 0.15) is 12.5 Å². The van der Waals surface area contributed by atoms with Crippen molar-refractivity contribution < 1.29 is 29.0 Å². The summed E-state index contributed by atoms with van der Waals surface area (Å²) in [4.78, 5) is 35.5. The molecule has 0 bridgehead atoms. The van der Waals surface area contributed by atoms with E-state index < -0.39 is 24.3 Å². The van der Waals surface area contributed by atoms with E-state index in [1.54, 1.807) is 12.1 Å². The van der Waals surface area contributed by atoms with Crippen LogP contribution in [0.15, 0.2) is 18.2 Å². The first-order valence-corrected chi connectivity index (χ1v) is 9.21. The number of hydrogen-bond donors (Lipinski definition) is 2. The second-order valence-electron chi connectivity index (χ2n) is 5.92. The van der Waals surface area contributed by atoms with E-state index in [2.05, 4.69) is 20.7 Å². The molecule has 0 saturated heterocycles. The molecule has 2 N–H and O–H groups in total. The highest BCUT2D eigenvalue weighted by Crippen LogP contribution is 2.33. The maximum absolute atomic E-state index is 12.7. The highest BCUT2D eigenvalue weighted by molar-refractivity contribution is 8.13. The lowest BCUT2D eigenvalue weighted by molar-refractivity contribution is -0.138. The van der Waals surface area contributed by atoms with Crippen LogP contribution in [-0.4, -0.2) is 54.9 Å². The number of anilines is 1.